The smallest absolute Gasteiger partial charge is 0.261 e. The number of aromatic nitrogens is 2. The summed E-state index contributed by atoms with van der Waals surface area (Å²) in [6.07, 6.45) is 2.17. The van der Waals surface area contributed by atoms with Crippen LogP contribution in [0.5, 0.6) is 0 Å². The Bertz CT molecular complexity index is 1260. The van der Waals surface area contributed by atoms with Crippen LogP contribution in [-0.2, 0) is 16.9 Å². The highest BCUT2D eigenvalue weighted by atomic mass is 35.5. The molecule has 1 aromatic heterocycles. The molecule has 35 heavy (non-hydrogen) atoms. The van der Waals surface area contributed by atoms with E-state index in [-0.39, 0.29) is 39.9 Å². The molecule has 2 aromatic rings. The third kappa shape index (κ3) is 4.93. The number of nitrogen functional groups attached to an aromatic ring is 1. The zero-order chi connectivity index (χ0) is 25.9. The topological polar surface area (TPSA) is 127 Å². The van der Waals surface area contributed by atoms with Gasteiger partial charge in [0.25, 0.3) is 5.91 Å². The molecule has 2 fully saturated rings. The molecule has 4 atom stereocenters. The molecular weight excluding hydrogens is 495 g/mol. The van der Waals surface area contributed by atoms with Crippen molar-refractivity contribution >= 4 is 38.9 Å². The Morgan fingerprint density at radius 1 is 1.31 bits per heavy atom. The zero-order valence-corrected chi connectivity index (χ0v) is 21.9. The fourth-order valence-corrected chi connectivity index (χ4v) is 7.08. The summed E-state index contributed by atoms with van der Waals surface area (Å²) in [5, 5.41) is 18.3. The molecule has 0 radical (unpaired) electrons. The first-order chi connectivity index (χ1) is 16.1. The third-order valence-electron chi connectivity index (χ3n) is 7.43. The van der Waals surface area contributed by atoms with Gasteiger partial charge in [-0.1, -0.05) is 11.6 Å². The second-order valence-corrected chi connectivity index (χ2v) is 14.2. The molecule has 4 N–H and O–H groups in total. The monoisotopic (exact) mass is 526 g/mol. The van der Waals surface area contributed by atoms with Crippen molar-refractivity contribution in [3.05, 3.63) is 40.3 Å². The number of benzene rings is 1. The molecule has 1 aromatic carbocycles. The number of hydrogen-bond donors (Lipinski definition) is 3. The lowest BCUT2D eigenvalue weighted by atomic mass is 9.92. The first-order valence-corrected chi connectivity index (χ1v) is 13.7. The van der Waals surface area contributed by atoms with Crippen LogP contribution in [-0.4, -0.2) is 45.3 Å². The average Bonchev–Trinajstić information content (AvgIpc) is 3.32. The highest BCUT2D eigenvalue weighted by Crippen LogP contribution is 2.54. The van der Waals surface area contributed by atoms with Gasteiger partial charge in [-0.25, -0.2) is 12.8 Å². The number of sulfone groups is 1. The number of amides is 1. The SMILES string of the molecule is Cn1nc(C2CC3CC(O)(CS(=O)(=O)C(C)(C)C)C[C@H]3C2)c(C(=O)Nc2ccc(F)c(Cl)c2)c1N. The summed E-state index contributed by atoms with van der Waals surface area (Å²) in [6, 6.07) is 3.91. The van der Waals surface area contributed by atoms with E-state index in [4.69, 9.17) is 17.3 Å². The first kappa shape index (κ1) is 25.9. The Morgan fingerprint density at radius 3 is 2.46 bits per heavy atom. The summed E-state index contributed by atoms with van der Waals surface area (Å²) in [5.74, 6) is -0.848. The quantitative estimate of drug-likeness (QED) is 0.542. The van der Waals surface area contributed by atoms with Crippen molar-refractivity contribution in [1.82, 2.24) is 9.78 Å². The van der Waals surface area contributed by atoms with Crippen LogP contribution in [0.25, 0.3) is 0 Å². The first-order valence-electron chi connectivity index (χ1n) is 11.6. The number of aryl methyl sites for hydroxylation is 1. The van der Waals surface area contributed by atoms with Crippen LogP contribution < -0.4 is 11.1 Å². The van der Waals surface area contributed by atoms with E-state index < -0.39 is 31.9 Å². The second-order valence-electron chi connectivity index (χ2n) is 11.0. The molecular formula is C24H32ClFN4O4S. The number of anilines is 2. The lowest BCUT2D eigenvalue weighted by Crippen LogP contribution is -2.42. The van der Waals surface area contributed by atoms with Crippen LogP contribution in [0.2, 0.25) is 5.02 Å². The molecule has 11 heteroatoms. The third-order valence-corrected chi connectivity index (χ3v) is 10.5. The van der Waals surface area contributed by atoms with Gasteiger partial charge in [0.15, 0.2) is 9.84 Å². The summed E-state index contributed by atoms with van der Waals surface area (Å²) < 4.78 is 39.4. The molecule has 2 saturated carbocycles. The summed E-state index contributed by atoms with van der Waals surface area (Å²) >= 11 is 5.83. The maximum absolute atomic E-state index is 13.5. The Balaban J connectivity index is 1.51. The van der Waals surface area contributed by atoms with Crippen LogP contribution in [0.4, 0.5) is 15.9 Å². The van der Waals surface area contributed by atoms with Gasteiger partial charge in [0, 0.05) is 18.7 Å². The number of carbonyl (C=O) groups is 1. The van der Waals surface area contributed by atoms with Crippen molar-refractivity contribution in [1.29, 1.82) is 0 Å². The Kier molecular flexibility index (Phi) is 6.47. The van der Waals surface area contributed by atoms with Crippen LogP contribution >= 0.6 is 11.6 Å². The van der Waals surface area contributed by atoms with E-state index in [1.807, 2.05) is 0 Å². The standard InChI is InChI=1S/C24H32ClFN4O4S/c1-23(2,3)35(33,34)12-24(32)10-14-7-13(8-15(14)11-24)20-19(21(27)30(4)29-20)22(31)28-16-5-6-18(26)17(25)9-16/h5-6,9,13-15,32H,7-8,10-12,27H2,1-4H3,(H,28,31)/t13?,14-,15?,24?/m1/s1. The summed E-state index contributed by atoms with van der Waals surface area (Å²) in [4.78, 5) is 13.1. The molecule has 1 amide bonds. The average molecular weight is 527 g/mol. The molecule has 4 rings (SSSR count). The number of halogens is 2. The fourth-order valence-electron chi connectivity index (χ4n) is 5.53. The van der Waals surface area contributed by atoms with Crippen LogP contribution in [0.3, 0.4) is 0 Å². The van der Waals surface area contributed by atoms with E-state index in [1.54, 1.807) is 27.8 Å². The Hall–Kier alpha value is -2.17. The normalized spacial score (nSPS) is 26.7. The number of fused-ring (bicyclic) bond motifs is 1. The van der Waals surface area contributed by atoms with Gasteiger partial charge in [-0.2, -0.15) is 5.10 Å². The van der Waals surface area contributed by atoms with E-state index in [0.717, 1.165) is 0 Å². The minimum atomic E-state index is -3.46. The maximum atomic E-state index is 13.5. The molecule has 0 spiro atoms. The zero-order valence-electron chi connectivity index (χ0n) is 20.3. The van der Waals surface area contributed by atoms with Crippen molar-refractivity contribution < 1.29 is 22.7 Å². The maximum Gasteiger partial charge on any atom is 0.261 e. The van der Waals surface area contributed by atoms with Crippen LogP contribution in [0.1, 0.15) is 68.4 Å². The van der Waals surface area contributed by atoms with Gasteiger partial charge in [0.2, 0.25) is 0 Å². The lowest BCUT2D eigenvalue weighted by molar-refractivity contribution is 0.0607. The Morgan fingerprint density at radius 2 is 1.91 bits per heavy atom. The molecule has 192 valence electrons. The number of nitrogens with one attached hydrogen (secondary N) is 1. The van der Waals surface area contributed by atoms with Gasteiger partial charge in [0.05, 0.1) is 26.8 Å². The molecule has 2 aliphatic rings. The number of aliphatic hydroxyl groups is 1. The number of rotatable bonds is 5. The van der Waals surface area contributed by atoms with Gasteiger partial charge in [-0.3, -0.25) is 9.48 Å². The van der Waals surface area contributed by atoms with Crippen molar-refractivity contribution in [3.8, 4) is 0 Å². The molecule has 3 unspecified atom stereocenters. The van der Waals surface area contributed by atoms with Gasteiger partial charge >= 0.3 is 0 Å². The highest BCUT2D eigenvalue weighted by molar-refractivity contribution is 7.92. The van der Waals surface area contributed by atoms with Gasteiger partial charge in [-0.15, -0.1) is 0 Å². The van der Waals surface area contributed by atoms with Gasteiger partial charge < -0.3 is 16.2 Å². The summed E-state index contributed by atoms with van der Waals surface area (Å²) in [6.45, 7) is 4.94. The predicted molar refractivity (Wildman–Crippen MR) is 134 cm³/mol. The highest BCUT2D eigenvalue weighted by Gasteiger charge is 2.52. The van der Waals surface area contributed by atoms with Crippen molar-refractivity contribution in [3.63, 3.8) is 0 Å². The predicted octanol–water partition coefficient (Wildman–Crippen LogP) is 3.90. The number of nitrogens with zero attached hydrogens (tertiary/aromatic N) is 2. The molecule has 1 heterocycles. The van der Waals surface area contributed by atoms with E-state index in [1.165, 1.54) is 22.9 Å². The largest absolute Gasteiger partial charge is 0.389 e. The molecule has 8 nitrogen and oxygen atoms in total. The van der Waals surface area contributed by atoms with Crippen molar-refractivity contribution in [2.75, 3.05) is 16.8 Å². The molecule has 0 saturated heterocycles. The summed E-state index contributed by atoms with van der Waals surface area (Å²) in [7, 11) is -1.80. The molecule has 2 aliphatic carbocycles. The number of nitrogens with two attached hydrogens (primary N) is 1. The van der Waals surface area contributed by atoms with E-state index in [2.05, 4.69) is 10.4 Å². The minimum Gasteiger partial charge on any atom is -0.389 e. The minimum absolute atomic E-state index is 0.0465. The summed E-state index contributed by atoms with van der Waals surface area (Å²) in [5.41, 5.74) is 6.14. The van der Waals surface area contributed by atoms with Gasteiger partial charge in [0.1, 0.15) is 17.2 Å². The molecule has 0 bridgehead atoms. The Labute approximate surface area is 209 Å². The van der Waals surface area contributed by atoms with Gasteiger partial charge in [-0.05, 0) is 76.5 Å². The number of carbonyl (C=O) groups excluding carboxylic acids is 1. The van der Waals surface area contributed by atoms with Crippen LogP contribution in [0.15, 0.2) is 18.2 Å². The van der Waals surface area contributed by atoms with E-state index in [0.29, 0.717) is 37.1 Å². The van der Waals surface area contributed by atoms with Crippen LogP contribution in [0, 0.1) is 17.7 Å². The fraction of sp³-hybridized carbons (Fsp3) is 0.583. The molecule has 0 aliphatic heterocycles. The second kappa shape index (κ2) is 8.74. The lowest BCUT2D eigenvalue weighted by Gasteiger charge is -2.29. The van der Waals surface area contributed by atoms with Crippen molar-refractivity contribution in [2.45, 2.75) is 62.7 Å². The van der Waals surface area contributed by atoms with E-state index in [9.17, 15) is 22.7 Å². The number of hydrogen-bond acceptors (Lipinski definition) is 6. The van der Waals surface area contributed by atoms with Crippen molar-refractivity contribution in [2.24, 2.45) is 18.9 Å². The van der Waals surface area contributed by atoms with E-state index >= 15 is 0 Å².